The Hall–Kier alpha value is -1.92. The molecule has 1 saturated heterocycles. The number of ether oxygens (including phenoxy) is 1. The maximum atomic E-state index is 13.4. The number of carboxylic acids is 1. The summed E-state index contributed by atoms with van der Waals surface area (Å²) in [5.74, 6) is -0.283. The topological polar surface area (TPSA) is 62.9 Å². The van der Waals surface area contributed by atoms with Crippen molar-refractivity contribution in [3.8, 4) is 0 Å². The number of likely N-dealkylation sites (tertiary alicyclic amines) is 1. The molecule has 0 aliphatic carbocycles. The van der Waals surface area contributed by atoms with Crippen LogP contribution in [0.2, 0.25) is 0 Å². The molecule has 1 atom stereocenters. The van der Waals surface area contributed by atoms with Crippen LogP contribution in [0.25, 0.3) is 11.0 Å². The molecule has 1 unspecified atom stereocenters. The second-order valence-corrected chi connectivity index (χ2v) is 6.40. The van der Waals surface area contributed by atoms with E-state index < -0.39 is 12.1 Å². The van der Waals surface area contributed by atoms with E-state index in [0.29, 0.717) is 12.1 Å². The number of fused-ring (bicyclic) bond motifs is 1. The first-order valence-corrected chi connectivity index (χ1v) is 8.15. The summed E-state index contributed by atoms with van der Waals surface area (Å²) in [4.78, 5) is 13.4. The van der Waals surface area contributed by atoms with Crippen LogP contribution in [0, 0.1) is 18.7 Å². The number of rotatable bonds is 5. The Morgan fingerprint density at radius 1 is 1.46 bits per heavy atom. The van der Waals surface area contributed by atoms with Crippen molar-refractivity contribution in [3.63, 3.8) is 0 Å². The van der Waals surface area contributed by atoms with E-state index in [-0.39, 0.29) is 11.7 Å². The van der Waals surface area contributed by atoms with Crippen LogP contribution in [0.15, 0.2) is 22.6 Å². The van der Waals surface area contributed by atoms with Gasteiger partial charge in [0.05, 0.1) is 6.54 Å². The summed E-state index contributed by atoms with van der Waals surface area (Å²) in [7, 11) is 1.45. The highest BCUT2D eigenvalue weighted by Gasteiger charge is 2.31. The Morgan fingerprint density at radius 3 is 2.79 bits per heavy atom. The molecule has 0 amide bonds. The molecule has 0 saturated carbocycles. The lowest BCUT2D eigenvalue weighted by Gasteiger charge is -2.33. The molecule has 1 aromatic heterocycles. The lowest BCUT2D eigenvalue weighted by Crippen LogP contribution is -2.41. The van der Waals surface area contributed by atoms with E-state index in [2.05, 4.69) is 4.90 Å². The predicted octanol–water partition coefficient (Wildman–Crippen LogP) is 3.19. The second kappa shape index (κ2) is 6.91. The van der Waals surface area contributed by atoms with E-state index in [4.69, 9.17) is 9.15 Å². The highest BCUT2D eigenvalue weighted by Crippen LogP contribution is 2.29. The van der Waals surface area contributed by atoms with Crippen LogP contribution in [0.5, 0.6) is 0 Å². The van der Waals surface area contributed by atoms with E-state index in [9.17, 15) is 14.3 Å². The summed E-state index contributed by atoms with van der Waals surface area (Å²) >= 11 is 0. The van der Waals surface area contributed by atoms with Gasteiger partial charge in [-0.05, 0) is 62.5 Å². The largest absolute Gasteiger partial charge is 0.479 e. The number of nitrogens with zero attached hydrogens (tertiary/aromatic N) is 1. The Balaban J connectivity index is 1.66. The number of benzene rings is 1. The van der Waals surface area contributed by atoms with Gasteiger partial charge in [-0.3, -0.25) is 4.90 Å². The van der Waals surface area contributed by atoms with Crippen LogP contribution in [0.4, 0.5) is 4.39 Å². The van der Waals surface area contributed by atoms with Crippen molar-refractivity contribution in [2.75, 3.05) is 20.2 Å². The van der Waals surface area contributed by atoms with Crippen LogP contribution >= 0.6 is 0 Å². The monoisotopic (exact) mass is 335 g/mol. The van der Waals surface area contributed by atoms with Crippen molar-refractivity contribution >= 4 is 16.9 Å². The first-order valence-electron chi connectivity index (χ1n) is 8.15. The molecule has 0 radical (unpaired) electrons. The van der Waals surface area contributed by atoms with Gasteiger partial charge in [0.15, 0.2) is 6.10 Å². The van der Waals surface area contributed by atoms with E-state index in [1.807, 2.05) is 6.92 Å². The predicted molar refractivity (Wildman–Crippen MR) is 87.3 cm³/mol. The third-order valence-corrected chi connectivity index (χ3v) is 4.92. The number of furan rings is 1. The molecule has 0 bridgehead atoms. The summed E-state index contributed by atoms with van der Waals surface area (Å²) in [6.45, 7) is 4.18. The maximum Gasteiger partial charge on any atom is 0.333 e. The molecule has 130 valence electrons. The highest BCUT2D eigenvalue weighted by atomic mass is 19.1. The molecule has 5 nitrogen and oxygen atoms in total. The van der Waals surface area contributed by atoms with E-state index in [1.54, 1.807) is 6.07 Å². The van der Waals surface area contributed by atoms with Gasteiger partial charge in [-0.25, -0.2) is 9.18 Å². The molecule has 1 aliphatic heterocycles. The molecule has 2 heterocycles. The summed E-state index contributed by atoms with van der Waals surface area (Å²) < 4.78 is 24.4. The summed E-state index contributed by atoms with van der Waals surface area (Å²) in [6, 6.07) is 4.56. The van der Waals surface area contributed by atoms with Crippen LogP contribution < -0.4 is 0 Å². The molecule has 2 aromatic rings. The minimum Gasteiger partial charge on any atom is -0.479 e. The summed E-state index contributed by atoms with van der Waals surface area (Å²) in [6.07, 6.45) is 0.820. The van der Waals surface area contributed by atoms with Gasteiger partial charge in [-0.2, -0.15) is 0 Å². The molecule has 1 N–H and O–H groups in total. The summed E-state index contributed by atoms with van der Waals surface area (Å²) in [5, 5.41) is 9.99. The van der Waals surface area contributed by atoms with Crippen molar-refractivity contribution in [2.24, 2.45) is 5.92 Å². The average molecular weight is 335 g/mol. The number of aryl methyl sites for hydroxylation is 1. The van der Waals surface area contributed by atoms with Gasteiger partial charge in [-0.1, -0.05) is 0 Å². The Bertz CT molecular complexity index is 734. The minimum absolute atomic E-state index is 0.0367. The molecule has 6 heteroatoms. The lowest BCUT2D eigenvalue weighted by molar-refractivity contribution is -0.153. The van der Waals surface area contributed by atoms with Gasteiger partial charge in [0.2, 0.25) is 0 Å². The van der Waals surface area contributed by atoms with Gasteiger partial charge in [-0.15, -0.1) is 0 Å². The Labute approximate surface area is 140 Å². The van der Waals surface area contributed by atoms with Gasteiger partial charge < -0.3 is 14.3 Å². The van der Waals surface area contributed by atoms with E-state index in [1.165, 1.54) is 19.2 Å². The third-order valence-electron chi connectivity index (χ3n) is 4.92. The Morgan fingerprint density at radius 2 is 2.17 bits per heavy atom. The number of hydrogen-bond donors (Lipinski definition) is 1. The maximum absolute atomic E-state index is 13.4. The summed E-state index contributed by atoms with van der Waals surface area (Å²) in [5.41, 5.74) is 1.66. The second-order valence-electron chi connectivity index (χ2n) is 6.40. The van der Waals surface area contributed by atoms with Crippen LogP contribution in [0.3, 0.4) is 0 Å². The van der Waals surface area contributed by atoms with E-state index in [0.717, 1.165) is 42.6 Å². The fourth-order valence-corrected chi connectivity index (χ4v) is 3.51. The zero-order valence-corrected chi connectivity index (χ0v) is 13.9. The molecule has 1 fully saturated rings. The van der Waals surface area contributed by atoms with Gasteiger partial charge >= 0.3 is 5.97 Å². The zero-order valence-electron chi connectivity index (χ0n) is 13.9. The first kappa shape index (κ1) is 16.9. The highest BCUT2D eigenvalue weighted by molar-refractivity contribution is 5.82. The Kier molecular flexibility index (Phi) is 4.87. The number of halogens is 1. The molecule has 1 aromatic carbocycles. The standard InChI is InChI=1S/C18H22FNO4/c1-11-14-9-13(19)3-4-15(14)24-16(11)10-20-7-5-12(6-8-20)17(23-2)18(21)22/h3-4,9,12,17H,5-8,10H2,1-2H3,(H,21,22). The smallest absolute Gasteiger partial charge is 0.333 e. The number of piperidine rings is 1. The zero-order chi connectivity index (χ0) is 17.3. The number of methoxy groups -OCH3 is 1. The molecular formula is C18H22FNO4. The first-order chi connectivity index (χ1) is 11.5. The number of carbonyl (C=O) groups is 1. The van der Waals surface area contributed by atoms with E-state index >= 15 is 0 Å². The molecular weight excluding hydrogens is 313 g/mol. The molecule has 1 aliphatic rings. The van der Waals surface area contributed by atoms with Crippen molar-refractivity contribution < 1.29 is 23.4 Å². The van der Waals surface area contributed by atoms with Crippen molar-refractivity contribution in [2.45, 2.75) is 32.4 Å². The van der Waals surface area contributed by atoms with Crippen molar-refractivity contribution in [1.29, 1.82) is 0 Å². The fraction of sp³-hybridized carbons (Fsp3) is 0.500. The molecule has 3 rings (SSSR count). The third kappa shape index (κ3) is 3.30. The lowest BCUT2D eigenvalue weighted by atomic mass is 9.91. The number of carboxylic acid groups (broad SMARTS) is 1. The van der Waals surface area contributed by atoms with Gasteiger partial charge in [0.1, 0.15) is 17.2 Å². The van der Waals surface area contributed by atoms with Crippen LogP contribution in [-0.4, -0.2) is 42.3 Å². The van der Waals surface area contributed by atoms with Gasteiger partial charge in [0, 0.05) is 12.5 Å². The average Bonchev–Trinajstić information content (AvgIpc) is 2.85. The number of aliphatic carboxylic acids is 1. The molecule has 24 heavy (non-hydrogen) atoms. The van der Waals surface area contributed by atoms with Crippen molar-refractivity contribution in [3.05, 3.63) is 35.3 Å². The van der Waals surface area contributed by atoms with Gasteiger partial charge in [0.25, 0.3) is 0 Å². The number of hydrogen-bond acceptors (Lipinski definition) is 4. The minimum atomic E-state index is -0.897. The normalized spacial score (nSPS) is 18.1. The SMILES string of the molecule is COC(C(=O)O)C1CCN(Cc2oc3ccc(F)cc3c2C)CC1. The van der Waals surface area contributed by atoms with Crippen molar-refractivity contribution in [1.82, 2.24) is 4.90 Å². The fourth-order valence-electron chi connectivity index (χ4n) is 3.51. The molecule has 0 spiro atoms. The quantitative estimate of drug-likeness (QED) is 0.909. The van der Waals surface area contributed by atoms with Crippen LogP contribution in [-0.2, 0) is 16.1 Å². The van der Waals surface area contributed by atoms with Crippen LogP contribution in [0.1, 0.15) is 24.2 Å².